The molecule has 140 valence electrons. The lowest BCUT2D eigenvalue weighted by Crippen LogP contribution is -2.42. The van der Waals surface area contributed by atoms with Crippen molar-refractivity contribution < 1.29 is 22.6 Å². The number of alkyl halides is 3. The molecule has 1 fully saturated rings. The van der Waals surface area contributed by atoms with Crippen LogP contribution in [0.3, 0.4) is 0 Å². The van der Waals surface area contributed by atoms with E-state index in [2.05, 4.69) is 25.6 Å². The highest BCUT2D eigenvalue weighted by molar-refractivity contribution is 6.33. The van der Waals surface area contributed by atoms with E-state index in [1.54, 1.807) is 24.3 Å². The maximum atomic E-state index is 12.7. The number of amides is 2. The smallest absolute Gasteiger partial charge is 0.335 e. The molecule has 0 radical (unpaired) electrons. The molecule has 2 amide bonds. The van der Waals surface area contributed by atoms with E-state index in [-0.39, 0.29) is 43.2 Å². The predicted molar refractivity (Wildman–Crippen MR) is 88.7 cm³/mol. The third kappa shape index (κ3) is 4.27. The maximum Gasteiger partial charge on any atom is 0.391 e. The Bertz CT molecular complexity index is 773. The van der Waals surface area contributed by atoms with Crippen LogP contribution < -0.4 is 10.6 Å². The van der Waals surface area contributed by atoms with Gasteiger partial charge in [0, 0.05) is 11.6 Å². The van der Waals surface area contributed by atoms with Gasteiger partial charge in [0.25, 0.3) is 0 Å². The molecule has 0 saturated heterocycles. The lowest BCUT2D eigenvalue weighted by atomic mass is 9.86. The summed E-state index contributed by atoms with van der Waals surface area (Å²) >= 11 is 6.10. The number of hydrogen-bond acceptors (Lipinski definition) is 4. The highest BCUT2D eigenvalue weighted by Crippen LogP contribution is 2.37. The van der Waals surface area contributed by atoms with Crippen LogP contribution in [0.5, 0.6) is 0 Å². The Morgan fingerprint density at radius 1 is 1.15 bits per heavy atom. The van der Waals surface area contributed by atoms with Crippen molar-refractivity contribution in [3.05, 3.63) is 29.3 Å². The first-order valence-corrected chi connectivity index (χ1v) is 8.44. The van der Waals surface area contributed by atoms with Crippen molar-refractivity contribution in [2.24, 2.45) is 5.92 Å². The number of nitrogens with one attached hydrogen (secondary N) is 2. The Morgan fingerprint density at radius 3 is 2.50 bits per heavy atom. The molecule has 0 bridgehead atoms. The highest BCUT2D eigenvalue weighted by Gasteiger charge is 2.41. The largest absolute Gasteiger partial charge is 0.391 e. The second-order valence-corrected chi connectivity index (χ2v) is 6.54. The van der Waals surface area contributed by atoms with Crippen LogP contribution in [0.2, 0.25) is 5.02 Å². The molecule has 1 aromatic heterocycles. The summed E-state index contributed by atoms with van der Waals surface area (Å²) in [6.07, 6.45) is -3.63. The van der Waals surface area contributed by atoms with Gasteiger partial charge in [-0.3, -0.25) is 5.32 Å². The number of anilines is 1. The van der Waals surface area contributed by atoms with E-state index >= 15 is 0 Å². The molecule has 1 aliphatic rings. The normalized spacial score (nSPS) is 20.6. The number of nitrogens with zero attached hydrogens (tertiary/aromatic N) is 2. The van der Waals surface area contributed by atoms with Crippen LogP contribution in [0.15, 0.2) is 28.9 Å². The summed E-state index contributed by atoms with van der Waals surface area (Å²) in [5.41, 5.74) is 0.808. The van der Waals surface area contributed by atoms with E-state index in [9.17, 15) is 18.0 Å². The molecule has 10 heteroatoms. The SMILES string of the molecule is O=C(Nc1nonc1-c1ccccc1Cl)NC1CCC(C(F)(F)F)CC1. The predicted octanol–water partition coefficient (Wildman–Crippen LogP) is 4.63. The van der Waals surface area contributed by atoms with E-state index in [0.717, 1.165) is 0 Å². The van der Waals surface area contributed by atoms with Gasteiger partial charge >= 0.3 is 12.2 Å². The van der Waals surface area contributed by atoms with Crippen molar-refractivity contribution in [2.45, 2.75) is 37.9 Å². The highest BCUT2D eigenvalue weighted by atomic mass is 35.5. The molecule has 3 rings (SSSR count). The van der Waals surface area contributed by atoms with Crippen molar-refractivity contribution in [2.75, 3.05) is 5.32 Å². The fourth-order valence-corrected chi connectivity index (χ4v) is 3.22. The van der Waals surface area contributed by atoms with Gasteiger partial charge in [0.2, 0.25) is 5.82 Å². The molecule has 0 atom stereocenters. The number of aromatic nitrogens is 2. The second-order valence-electron chi connectivity index (χ2n) is 6.13. The first-order chi connectivity index (χ1) is 12.3. The summed E-state index contributed by atoms with van der Waals surface area (Å²) in [6.45, 7) is 0. The molecular formula is C16H16ClF3N4O2. The molecule has 0 aliphatic heterocycles. The van der Waals surface area contributed by atoms with Crippen molar-refractivity contribution >= 4 is 23.4 Å². The summed E-state index contributed by atoms with van der Waals surface area (Å²) in [5.74, 6) is -1.21. The lowest BCUT2D eigenvalue weighted by Gasteiger charge is -2.30. The topological polar surface area (TPSA) is 80.1 Å². The minimum absolute atomic E-state index is 0.00480. The Kier molecular flexibility index (Phi) is 5.36. The molecule has 1 heterocycles. The molecule has 0 unspecified atom stereocenters. The van der Waals surface area contributed by atoms with E-state index in [0.29, 0.717) is 10.6 Å². The van der Waals surface area contributed by atoms with Crippen molar-refractivity contribution in [3.8, 4) is 11.3 Å². The summed E-state index contributed by atoms with van der Waals surface area (Å²) in [5, 5.41) is 13.0. The van der Waals surface area contributed by atoms with Crippen molar-refractivity contribution in [3.63, 3.8) is 0 Å². The molecular weight excluding hydrogens is 373 g/mol. The molecule has 6 nitrogen and oxygen atoms in total. The quantitative estimate of drug-likeness (QED) is 0.803. The van der Waals surface area contributed by atoms with Crippen molar-refractivity contribution in [1.82, 2.24) is 15.6 Å². The van der Waals surface area contributed by atoms with Gasteiger partial charge in [-0.1, -0.05) is 29.8 Å². The first-order valence-electron chi connectivity index (χ1n) is 8.06. The zero-order chi connectivity index (χ0) is 18.7. The van der Waals surface area contributed by atoms with Crippen LogP contribution in [0.1, 0.15) is 25.7 Å². The number of rotatable bonds is 3. The molecule has 1 aliphatic carbocycles. The average molecular weight is 389 g/mol. The van der Waals surface area contributed by atoms with E-state index < -0.39 is 18.1 Å². The number of carbonyl (C=O) groups is 1. The van der Waals surface area contributed by atoms with Gasteiger partial charge in [-0.05, 0) is 42.1 Å². The van der Waals surface area contributed by atoms with Gasteiger partial charge in [-0.15, -0.1) is 0 Å². The minimum Gasteiger partial charge on any atom is -0.335 e. The van der Waals surface area contributed by atoms with Crippen molar-refractivity contribution in [1.29, 1.82) is 0 Å². The summed E-state index contributed by atoms with van der Waals surface area (Å²) in [4.78, 5) is 12.1. The van der Waals surface area contributed by atoms with Crippen LogP contribution in [-0.2, 0) is 0 Å². The van der Waals surface area contributed by atoms with Gasteiger partial charge < -0.3 is 5.32 Å². The first kappa shape index (κ1) is 18.5. The molecule has 2 N–H and O–H groups in total. The van der Waals surface area contributed by atoms with Crippen LogP contribution in [-0.4, -0.2) is 28.6 Å². The molecule has 1 aromatic carbocycles. The fraction of sp³-hybridized carbons (Fsp3) is 0.438. The zero-order valence-corrected chi connectivity index (χ0v) is 14.3. The number of halogens is 4. The summed E-state index contributed by atoms with van der Waals surface area (Å²) < 4.78 is 42.7. The molecule has 26 heavy (non-hydrogen) atoms. The van der Waals surface area contributed by atoms with Gasteiger partial charge in [-0.25, -0.2) is 9.42 Å². The second kappa shape index (κ2) is 7.53. The molecule has 0 spiro atoms. The Morgan fingerprint density at radius 2 is 1.85 bits per heavy atom. The number of hydrogen-bond donors (Lipinski definition) is 2. The van der Waals surface area contributed by atoms with E-state index in [1.807, 2.05) is 0 Å². The summed E-state index contributed by atoms with van der Waals surface area (Å²) in [6, 6.07) is 5.95. The van der Waals surface area contributed by atoms with Gasteiger partial charge in [-0.2, -0.15) is 13.2 Å². The van der Waals surface area contributed by atoms with Gasteiger partial charge in [0.1, 0.15) is 0 Å². The third-order valence-corrected chi connectivity index (χ3v) is 4.70. The van der Waals surface area contributed by atoms with Crippen LogP contribution in [0, 0.1) is 5.92 Å². The molecule has 2 aromatic rings. The van der Waals surface area contributed by atoms with E-state index in [1.165, 1.54) is 0 Å². The molecule has 1 saturated carbocycles. The Balaban J connectivity index is 1.59. The summed E-state index contributed by atoms with van der Waals surface area (Å²) in [7, 11) is 0. The lowest BCUT2D eigenvalue weighted by molar-refractivity contribution is -0.182. The number of urea groups is 1. The third-order valence-electron chi connectivity index (χ3n) is 4.37. The number of benzene rings is 1. The Hall–Kier alpha value is -2.29. The Labute approximate surface area is 152 Å². The maximum absolute atomic E-state index is 12.7. The van der Waals surface area contributed by atoms with Crippen LogP contribution in [0.25, 0.3) is 11.3 Å². The number of carbonyl (C=O) groups excluding carboxylic acids is 1. The van der Waals surface area contributed by atoms with Crippen LogP contribution >= 0.6 is 11.6 Å². The van der Waals surface area contributed by atoms with Gasteiger partial charge in [0.05, 0.1) is 10.9 Å². The monoisotopic (exact) mass is 388 g/mol. The van der Waals surface area contributed by atoms with Gasteiger partial charge in [0.15, 0.2) is 5.69 Å². The minimum atomic E-state index is -4.18. The fourth-order valence-electron chi connectivity index (χ4n) is 2.99. The zero-order valence-electron chi connectivity index (χ0n) is 13.5. The average Bonchev–Trinajstić information content (AvgIpc) is 3.02. The van der Waals surface area contributed by atoms with E-state index in [4.69, 9.17) is 11.6 Å². The van der Waals surface area contributed by atoms with Crippen LogP contribution in [0.4, 0.5) is 23.8 Å². The standard InChI is InChI=1S/C16H16ClF3N4O2/c17-12-4-2-1-3-11(12)13-14(24-26-23-13)22-15(25)21-10-7-5-9(6-8-10)16(18,19)20/h1-4,9-10H,5-8H2,(H2,21,22,24,25).